The van der Waals surface area contributed by atoms with Crippen LogP contribution in [0.4, 0.5) is 10.1 Å². The van der Waals surface area contributed by atoms with E-state index in [1.165, 1.54) is 24.3 Å². The van der Waals surface area contributed by atoms with Crippen molar-refractivity contribution >= 4 is 33.3 Å². The maximum Gasteiger partial charge on any atom is 0.335 e. The standard InChI is InChI=1S/C22H20ClFN2O5S/c23-16-10-20(31-19-3-1-2-17(19)24)18(8-14(16)11-25)26-32(29,30)21-9-13(22(27)28)6-7-15(21)12-4-5-12/h6-10,12,17,19,26H,1-5H2,(H,27,28). The van der Waals surface area contributed by atoms with Crippen LogP contribution >= 0.6 is 11.6 Å². The number of nitrogens with zero attached hydrogens (tertiary/aromatic N) is 1. The summed E-state index contributed by atoms with van der Waals surface area (Å²) < 4.78 is 48.9. The summed E-state index contributed by atoms with van der Waals surface area (Å²) in [6.45, 7) is 0. The van der Waals surface area contributed by atoms with E-state index in [0.717, 1.165) is 18.9 Å². The Hall–Kier alpha value is -2.83. The number of sulfonamides is 1. The summed E-state index contributed by atoms with van der Waals surface area (Å²) in [4.78, 5) is 11.3. The molecule has 2 unspecified atom stereocenters. The molecule has 32 heavy (non-hydrogen) atoms. The number of carbonyl (C=O) groups is 1. The Labute approximate surface area is 189 Å². The van der Waals surface area contributed by atoms with E-state index in [1.54, 1.807) is 0 Å². The molecule has 10 heteroatoms. The number of carboxylic acids is 1. The van der Waals surface area contributed by atoms with E-state index in [-0.39, 0.29) is 38.4 Å². The third-order valence-corrected chi connectivity index (χ3v) is 7.39. The van der Waals surface area contributed by atoms with E-state index in [1.807, 2.05) is 6.07 Å². The highest BCUT2D eigenvalue weighted by atomic mass is 35.5. The largest absolute Gasteiger partial charge is 0.485 e. The molecule has 0 aliphatic heterocycles. The van der Waals surface area contributed by atoms with Crippen LogP contribution in [0.2, 0.25) is 5.02 Å². The predicted octanol–water partition coefficient (Wildman–Crippen LogP) is 4.86. The minimum Gasteiger partial charge on any atom is -0.485 e. The maximum atomic E-state index is 14.1. The predicted molar refractivity (Wildman–Crippen MR) is 116 cm³/mol. The van der Waals surface area contributed by atoms with Gasteiger partial charge >= 0.3 is 5.97 Å². The molecule has 2 N–H and O–H groups in total. The van der Waals surface area contributed by atoms with Gasteiger partial charge in [0.1, 0.15) is 24.1 Å². The van der Waals surface area contributed by atoms with Gasteiger partial charge in [-0.2, -0.15) is 5.26 Å². The Morgan fingerprint density at radius 2 is 1.97 bits per heavy atom. The summed E-state index contributed by atoms with van der Waals surface area (Å²) in [7, 11) is -4.25. The lowest BCUT2D eigenvalue weighted by Gasteiger charge is -2.20. The Kier molecular flexibility index (Phi) is 6.01. The molecule has 0 spiro atoms. The normalized spacial score (nSPS) is 20.5. The van der Waals surface area contributed by atoms with Crippen molar-refractivity contribution in [2.75, 3.05) is 4.72 Å². The van der Waals surface area contributed by atoms with Gasteiger partial charge in [-0.3, -0.25) is 4.72 Å². The molecule has 168 valence electrons. The molecule has 0 radical (unpaired) electrons. The second-order valence-electron chi connectivity index (χ2n) is 7.98. The van der Waals surface area contributed by atoms with Gasteiger partial charge in [-0.15, -0.1) is 0 Å². The van der Waals surface area contributed by atoms with Gasteiger partial charge in [-0.25, -0.2) is 17.6 Å². The molecule has 0 aromatic heterocycles. The monoisotopic (exact) mass is 478 g/mol. The highest BCUT2D eigenvalue weighted by Crippen LogP contribution is 2.44. The number of nitriles is 1. The lowest BCUT2D eigenvalue weighted by Crippen LogP contribution is -2.23. The second kappa shape index (κ2) is 8.60. The number of ether oxygens (including phenoxy) is 1. The van der Waals surface area contributed by atoms with Crippen LogP contribution in [0.1, 0.15) is 59.5 Å². The maximum absolute atomic E-state index is 14.1. The van der Waals surface area contributed by atoms with E-state index >= 15 is 0 Å². The summed E-state index contributed by atoms with van der Waals surface area (Å²) in [5, 5.41) is 18.7. The smallest absolute Gasteiger partial charge is 0.335 e. The highest BCUT2D eigenvalue weighted by Gasteiger charge is 2.33. The lowest BCUT2D eigenvalue weighted by molar-refractivity contribution is 0.0696. The molecule has 2 fully saturated rings. The quantitative estimate of drug-likeness (QED) is 0.587. The molecule has 2 saturated carbocycles. The van der Waals surface area contributed by atoms with E-state index in [4.69, 9.17) is 16.3 Å². The number of benzene rings is 2. The summed E-state index contributed by atoms with van der Waals surface area (Å²) in [5.74, 6) is -1.21. The third-order valence-electron chi connectivity index (χ3n) is 5.65. The van der Waals surface area contributed by atoms with E-state index in [9.17, 15) is 28.0 Å². The van der Waals surface area contributed by atoms with Crippen molar-refractivity contribution in [2.45, 2.75) is 55.2 Å². The van der Waals surface area contributed by atoms with Crippen molar-refractivity contribution in [1.29, 1.82) is 5.26 Å². The van der Waals surface area contributed by atoms with Crippen molar-refractivity contribution in [3.05, 3.63) is 52.0 Å². The molecular weight excluding hydrogens is 459 g/mol. The summed E-state index contributed by atoms with van der Waals surface area (Å²) >= 11 is 6.10. The fraction of sp³-hybridized carbons (Fsp3) is 0.364. The zero-order valence-corrected chi connectivity index (χ0v) is 18.4. The van der Waals surface area contributed by atoms with Gasteiger partial charge in [0.05, 0.1) is 26.7 Å². The van der Waals surface area contributed by atoms with Crippen molar-refractivity contribution in [3.63, 3.8) is 0 Å². The molecule has 7 nitrogen and oxygen atoms in total. The van der Waals surface area contributed by atoms with Crippen LogP contribution < -0.4 is 9.46 Å². The third kappa shape index (κ3) is 4.52. The van der Waals surface area contributed by atoms with Crippen molar-refractivity contribution < 1.29 is 27.4 Å². The number of alkyl halides is 1. The van der Waals surface area contributed by atoms with Gasteiger partial charge in [-0.1, -0.05) is 17.7 Å². The minimum atomic E-state index is -4.25. The average molecular weight is 479 g/mol. The van der Waals surface area contributed by atoms with Crippen LogP contribution in [0.15, 0.2) is 35.2 Å². The SMILES string of the molecule is N#Cc1cc(NS(=O)(=O)c2cc(C(=O)O)ccc2C2CC2)c(OC2CCCC2F)cc1Cl. The topological polar surface area (TPSA) is 116 Å². The van der Waals surface area contributed by atoms with E-state index in [0.29, 0.717) is 24.8 Å². The number of halogens is 2. The first-order valence-electron chi connectivity index (χ1n) is 10.1. The Morgan fingerprint density at radius 1 is 1.22 bits per heavy atom. The molecule has 2 aromatic carbocycles. The second-order valence-corrected chi connectivity index (χ2v) is 10.0. The fourth-order valence-corrected chi connectivity index (χ4v) is 5.41. The van der Waals surface area contributed by atoms with Crippen LogP contribution in [0.5, 0.6) is 5.75 Å². The number of nitrogens with one attached hydrogen (secondary N) is 1. The van der Waals surface area contributed by atoms with Crippen LogP contribution in [0, 0.1) is 11.3 Å². The highest BCUT2D eigenvalue weighted by molar-refractivity contribution is 7.92. The molecular formula is C22H20ClFN2O5S. The van der Waals surface area contributed by atoms with Crippen molar-refractivity contribution in [1.82, 2.24) is 0 Å². The van der Waals surface area contributed by atoms with Crippen LogP contribution in [-0.4, -0.2) is 31.8 Å². The molecule has 2 aromatic rings. The molecule has 0 heterocycles. The molecule has 2 aliphatic rings. The molecule has 4 rings (SSSR count). The zero-order valence-electron chi connectivity index (χ0n) is 16.8. The van der Waals surface area contributed by atoms with Gasteiger partial charge in [0, 0.05) is 6.07 Å². The lowest BCUT2D eigenvalue weighted by atomic mass is 10.1. The molecule has 0 saturated heterocycles. The number of hydrogen-bond acceptors (Lipinski definition) is 5. The zero-order chi connectivity index (χ0) is 23.0. The Bertz CT molecular complexity index is 1220. The van der Waals surface area contributed by atoms with Gasteiger partial charge in [0.25, 0.3) is 10.0 Å². The molecule has 2 atom stereocenters. The number of carboxylic acid groups (broad SMARTS) is 1. The molecule has 2 aliphatic carbocycles. The molecule has 0 bridgehead atoms. The van der Waals surface area contributed by atoms with E-state index < -0.39 is 28.3 Å². The summed E-state index contributed by atoms with van der Waals surface area (Å²) in [6.07, 6.45) is 1.14. The Balaban J connectivity index is 1.75. The Morgan fingerprint density at radius 3 is 2.56 bits per heavy atom. The van der Waals surface area contributed by atoms with Crippen LogP contribution in [0.3, 0.4) is 0 Å². The summed E-state index contributed by atoms with van der Waals surface area (Å²) in [6, 6.07) is 8.41. The first kappa shape index (κ1) is 22.4. The van der Waals surface area contributed by atoms with Gasteiger partial charge < -0.3 is 9.84 Å². The van der Waals surface area contributed by atoms with Gasteiger partial charge in [-0.05, 0) is 61.8 Å². The number of anilines is 1. The average Bonchev–Trinajstić information content (AvgIpc) is 3.52. The van der Waals surface area contributed by atoms with Crippen LogP contribution in [0.25, 0.3) is 0 Å². The van der Waals surface area contributed by atoms with Crippen molar-refractivity contribution in [2.24, 2.45) is 0 Å². The van der Waals surface area contributed by atoms with Crippen molar-refractivity contribution in [3.8, 4) is 11.8 Å². The van der Waals surface area contributed by atoms with Gasteiger partial charge in [0.15, 0.2) is 0 Å². The number of rotatable bonds is 7. The first-order valence-corrected chi connectivity index (χ1v) is 12.0. The first-order chi connectivity index (χ1) is 15.2. The fourth-order valence-electron chi connectivity index (χ4n) is 3.83. The van der Waals surface area contributed by atoms with Gasteiger partial charge in [0.2, 0.25) is 0 Å². The number of hydrogen-bond donors (Lipinski definition) is 2. The minimum absolute atomic E-state index is 0.00878. The van der Waals surface area contributed by atoms with E-state index in [2.05, 4.69) is 4.72 Å². The van der Waals surface area contributed by atoms with Crippen LogP contribution in [-0.2, 0) is 10.0 Å². The molecule has 0 amide bonds. The summed E-state index contributed by atoms with van der Waals surface area (Å²) in [5.41, 5.74) is 0.319. The number of aromatic carboxylic acids is 1.